The van der Waals surface area contributed by atoms with E-state index in [2.05, 4.69) is 5.32 Å². The largest absolute Gasteiger partial charge is 0.493 e. The summed E-state index contributed by atoms with van der Waals surface area (Å²) in [5.41, 5.74) is 3.94. The van der Waals surface area contributed by atoms with Crippen LogP contribution in [0.5, 0.6) is 28.7 Å². The summed E-state index contributed by atoms with van der Waals surface area (Å²) in [4.78, 5) is 17.7. The van der Waals surface area contributed by atoms with Crippen molar-refractivity contribution in [2.24, 2.45) is 0 Å². The Labute approximate surface area is 185 Å². The average molecular weight is 436 g/mol. The lowest BCUT2D eigenvalue weighted by molar-refractivity contribution is 0.0972. The van der Waals surface area contributed by atoms with E-state index in [0.29, 0.717) is 47.3 Å². The summed E-state index contributed by atoms with van der Waals surface area (Å²) in [5.74, 6) is 3.11. The molecular formula is C24H24N2O6. The van der Waals surface area contributed by atoms with Crippen LogP contribution in [0.3, 0.4) is 0 Å². The maximum Gasteiger partial charge on any atom is 0.231 e. The molecule has 1 aromatic heterocycles. The van der Waals surface area contributed by atoms with Crippen molar-refractivity contribution < 1.29 is 28.5 Å². The molecule has 1 aliphatic heterocycles. The number of methoxy groups -OCH3 is 3. The molecule has 5 rings (SSSR count). The van der Waals surface area contributed by atoms with Crippen molar-refractivity contribution in [1.29, 1.82) is 0 Å². The van der Waals surface area contributed by atoms with Crippen LogP contribution in [0.15, 0.2) is 24.3 Å². The molecule has 0 radical (unpaired) electrons. The van der Waals surface area contributed by atoms with Crippen LogP contribution in [0, 0.1) is 0 Å². The van der Waals surface area contributed by atoms with Crippen molar-refractivity contribution in [3.8, 4) is 28.7 Å². The molecule has 32 heavy (non-hydrogen) atoms. The standard InChI is InChI=1S/C24H24N2O6/c1-28-20-7-13(8-21(29-2)24(20)30-3)11-25-23-14-9-18-19(32-12-31-18)10-16(14)26-15-5-4-6-17(27)22(15)23/h7-10H,4-6,11-12H2,1-3H3,(H,25,26). The normalized spacial score (nSPS) is 14.3. The molecule has 2 heterocycles. The lowest BCUT2D eigenvalue weighted by Crippen LogP contribution is -2.17. The summed E-state index contributed by atoms with van der Waals surface area (Å²) in [6, 6.07) is 7.55. The number of rotatable bonds is 6. The Kier molecular flexibility index (Phi) is 5.13. The van der Waals surface area contributed by atoms with Gasteiger partial charge in [0.2, 0.25) is 12.5 Å². The highest BCUT2D eigenvalue weighted by Crippen LogP contribution is 2.42. The topological polar surface area (TPSA) is 88.1 Å². The Morgan fingerprint density at radius 1 is 0.969 bits per heavy atom. The SMILES string of the molecule is COc1cc(CNc2c3c(nc4cc5c(cc24)OCO5)CCCC3=O)cc(OC)c1OC. The molecule has 1 aliphatic carbocycles. The summed E-state index contributed by atoms with van der Waals surface area (Å²) in [6.45, 7) is 0.627. The Morgan fingerprint density at radius 2 is 1.69 bits per heavy atom. The third-order valence-electron chi connectivity index (χ3n) is 5.84. The van der Waals surface area contributed by atoms with Gasteiger partial charge >= 0.3 is 0 Å². The second-order valence-corrected chi connectivity index (χ2v) is 7.69. The molecule has 0 amide bonds. The fourth-order valence-corrected chi connectivity index (χ4v) is 4.34. The van der Waals surface area contributed by atoms with Crippen LogP contribution in [-0.2, 0) is 13.0 Å². The zero-order valence-electron chi connectivity index (χ0n) is 18.2. The van der Waals surface area contributed by atoms with Crippen LogP contribution in [-0.4, -0.2) is 38.9 Å². The van der Waals surface area contributed by atoms with E-state index < -0.39 is 0 Å². The number of carbonyl (C=O) groups excluding carboxylic acids is 1. The Hall–Kier alpha value is -3.68. The number of aryl methyl sites for hydroxylation is 1. The van der Waals surface area contributed by atoms with E-state index in [1.807, 2.05) is 24.3 Å². The van der Waals surface area contributed by atoms with Gasteiger partial charge in [0.25, 0.3) is 0 Å². The smallest absolute Gasteiger partial charge is 0.231 e. The van der Waals surface area contributed by atoms with Crippen molar-refractivity contribution in [3.63, 3.8) is 0 Å². The third-order valence-corrected chi connectivity index (χ3v) is 5.84. The van der Waals surface area contributed by atoms with Crippen LogP contribution in [0.25, 0.3) is 10.9 Å². The van der Waals surface area contributed by atoms with E-state index in [9.17, 15) is 4.79 Å². The minimum atomic E-state index is 0.103. The summed E-state index contributed by atoms with van der Waals surface area (Å²) >= 11 is 0. The van der Waals surface area contributed by atoms with E-state index in [1.54, 1.807) is 21.3 Å². The number of nitrogens with zero attached hydrogens (tertiary/aromatic N) is 1. The fourth-order valence-electron chi connectivity index (χ4n) is 4.34. The molecule has 3 aromatic rings. The molecule has 2 aromatic carbocycles. The summed E-state index contributed by atoms with van der Waals surface area (Å²) < 4.78 is 27.5. The van der Waals surface area contributed by atoms with Gasteiger partial charge in [-0.3, -0.25) is 9.78 Å². The van der Waals surface area contributed by atoms with Crippen molar-refractivity contribution in [2.45, 2.75) is 25.8 Å². The van der Waals surface area contributed by atoms with Crippen molar-refractivity contribution >= 4 is 22.4 Å². The Bertz CT molecular complexity index is 1200. The third kappa shape index (κ3) is 3.32. The number of aromatic nitrogens is 1. The monoisotopic (exact) mass is 436 g/mol. The van der Waals surface area contributed by atoms with E-state index in [1.165, 1.54) is 0 Å². The Morgan fingerprint density at radius 3 is 2.38 bits per heavy atom. The highest BCUT2D eigenvalue weighted by molar-refractivity contribution is 6.10. The number of carbonyl (C=O) groups is 1. The first-order chi connectivity index (χ1) is 15.6. The predicted molar refractivity (Wildman–Crippen MR) is 119 cm³/mol. The lowest BCUT2D eigenvalue weighted by Gasteiger charge is -2.21. The minimum absolute atomic E-state index is 0.103. The summed E-state index contributed by atoms with van der Waals surface area (Å²) in [5, 5.41) is 4.31. The van der Waals surface area contributed by atoms with Gasteiger partial charge in [-0.15, -0.1) is 0 Å². The number of ketones is 1. The number of pyridine rings is 1. The molecule has 0 fully saturated rings. The number of fused-ring (bicyclic) bond motifs is 3. The van der Waals surface area contributed by atoms with E-state index in [0.717, 1.165) is 40.7 Å². The molecule has 0 atom stereocenters. The first-order valence-electron chi connectivity index (χ1n) is 10.4. The number of benzene rings is 2. The number of anilines is 1. The lowest BCUT2D eigenvalue weighted by atomic mass is 9.91. The highest BCUT2D eigenvalue weighted by Gasteiger charge is 2.26. The maximum absolute atomic E-state index is 12.9. The van der Waals surface area contributed by atoms with Crippen molar-refractivity contribution in [2.75, 3.05) is 33.4 Å². The summed E-state index contributed by atoms with van der Waals surface area (Å²) in [6.07, 6.45) is 2.09. The number of ether oxygens (including phenoxy) is 5. The van der Waals surface area contributed by atoms with Gasteiger partial charge in [0.05, 0.1) is 43.8 Å². The van der Waals surface area contributed by atoms with Gasteiger partial charge in [0.1, 0.15) is 0 Å². The molecule has 0 spiro atoms. The zero-order chi connectivity index (χ0) is 22.2. The van der Waals surface area contributed by atoms with Crippen LogP contribution < -0.4 is 29.0 Å². The quantitative estimate of drug-likeness (QED) is 0.617. The van der Waals surface area contributed by atoms with Crippen molar-refractivity contribution in [1.82, 2.24) is 4.98 Å². The maximum atomic E-state index is 12.9. The van der Waals surface area contributed by atoms with Gasteiger partial charge in [-0.2, -0.15) is 0 Å². The van der Waals surface area contributed by atoms with Crippen LogP contribution in [0.1, 0.15) is 34.5 Å². The van der Waals surface area contributed by atoms with E-state index in [4.69, 9.17) is 28.7 Å². The van der Waals surface area contributed by atoms with E-state index in [-0.39, 0.29) is 12.6 Å². The molecule has 2 aliphatic rings. The van der Waals surface area contributed by atoms with Gasteiger partial charge in [-0.1, -0.05) is 0 Å². The van der Waals surface area contributed by atoms with Crippen LogP contribution in [0.2, 0.25) is 0 Å². The van der Waals surface area contributed by atoms with Gasteiger partial charge in [0.15, 0.2) is 28.8 Å². The van der Waals surface area contributed by atoms with Crippen molar-refractivity contribution in [3.05, 3.63) is 41.1 Å². The first-order valence-corrected chi connectivity index (χ1v) is 10.4. The molecule has 8 nitrogen and oxygen atoms in total. The highest BCUT2D eigenvalue weighted by atomic mass is 16.7. The van der Waals surface area contributed by atoms with Gasteiger partial charge in [-0.25, -0.2) is 0 Å². The average Bonchev–Trinajstić information content (AvgIpc) is 3.27. The second kappa shape index (κ2) is 8.11. The second-order valence-electron chi connectivity index (χ2n) is 7.69. The van der Waals surface area contributed by atoms with Gasteiger partial charge in [-0.05, 0) is 36.6 Å². The number of nitrogens with one attached hydrogen (secondary N) is 1. The molecule has 0 unspecified atom stereocenters. The molecule has 0 saturated heterocycles. The Balaban J connectivity index is 1.59. The summed E-state index contributed by atoms with van der Waals surface area (Å²) in [7, 11) is 4.74. The molecule has 166 valence electrons. The molecule has 0 saturated carbocycles. The van der Waals surface area contributed by atoms with Gasteiger partial charge in [0, 0.05) is 24.4 Å². The zero-order valence-corrected chi connectivity index (χ0v) is 18.2. The number of hydrogen-bond donors (Lipinski definition) is 1. The van der Waals surface area contributed by atoms with Gasteiger partial charge < -0.3 is 29.0 Å². The minimum Gasteiger partial charge on any atom is -0.493 e. The predicted octanol–water partition coefficient (Wildman–Crippen LogP) is 4.12. The van der Waals surface area contributed by atoms with Crippen LogP contribution in [0.4, 0.5) is 5.69 Å². The van der Waals surface area contributed by atoms with Crippen LogP contribution >= 0.6 is 0 Å². The number of hydrogen-bond acceptors (Lipinski definition) is 8. The fraction of sp³-hybridized carbons (Fsp3) is 0.333. The molecule has 8 heteroatoms. The molecule has 0 bridgehead atoms. The first kappa shape index (κ1) is 20.2. The molecular weight excluding hydrogens is 412 g/mol. The molecule has 1 N–H and O–H groups in total. The van der Waals surface area contributed by atoms with E-state index >= 15 is 0 Å². The number of Topliss-reactive ketones (excluding diaryl/α,β-unsaturated/α-hetero) is 1.